The average Bonchev–Trinajstić information content (AvgIpc) is 3.26. The summed E-state index contributed by atoms with van der Waals surface area (Å²) in [5, 5.41) is 10.8. The Morgan fingerprint density at radius 3 is 2.22 bits per heavy atom. The lowest BCUT2D eigenvalue weighted by Crippen LogP contribution is -2.53. The minimum atomic E-state index is -0.924. The second kappa shape index (κ2) is 7.59. The Bertz CT molecular complexity index is 731. The van der Waals surface area contributed by atoms with Crippen LogP contribution < -0.4 is 0 Å². The van der Waals surface area contributed by atoms with Crippen molar-refractivity contribution in [2.24, 2.45) is 11.8 Å². The molecule has 0 spiro atoms. The van der Waals surface area contributed by atoms with E-state index in [2.05, 4.69) is 4.90 Å². The van der Waals surface area contributed by atoms with Crippen LogP contribution in [0.1, 0.15) is 18.4 Å². The van der Waals surface area contributed by atoms with Gasteiger partial charge in [-0.25, -0.2) is 0 Å². The zero-order valence-electron chi connectivity index (χ0n) is 14.8. The predicted molar refractivity (Wildman–Crippen MR) is 101 cm³/mol. The molecule has 0 saturated carbocycles. The second-order valence-electron chi connectivity index (χ2n) is 7.48. The van der Waals surface area contributed by atoms with Gasteiger partial charge in [-0.1, -0.05) is 29.3 Å². The Kier molecular flexibility index (Phi) is 5.34. The number of nitrogens with zero attached hydrogens (tertiary/aromatic N) is 2. The maximum Gasteiger partial charge on any atom is 0.310 e. The third kappa shape index (κ3) is 3.56. The number of carboxylic acid groups (broad SMARTS) is 1. The molecule has 2 bridgehead atoms. The highest BCUT2D eigenvalue weighted by atomic mass is 35.5. The standard InChI is InChI=1S/C19H22Cl2N2O4/c20-12-2-1-3-13(21)11(12)10-22-6-8-23(9-7-22)18(24)16-14-4-5-15(27-14)17(16)19(25)26/h1-3,14-17H,4-10H2,(H,25,26). The minimum Gasteiger partial charge on any atom is -0.481 e. The Hall–Kier alpha value is -1.34. The molecule has 27 heavy (non-hydrogen) atoms. The highest BCUT2D eigenvalue weighted by Crippen LogP contribution is 2.44. The number of fused-ring (bicyclic) bond motifs is 2. The van der Waals surface area contributed by atoms with E-state index in [4.69, 9.17) is 27.9 Å². The summed E-state index contributed by atoms with van der Waals surface area (Å²) in [5.41, 5.74) is 0.896. The van der Waals surface area contributed by atoms with Crippen LogP contribution in [0.2, 0.25) is 10.0 Å². The zero-order chi connectivity index (χ0) is 19.1. The van der Waals surface area contributed by atoms with Crippen LogP contribution >= 0.6 is 23.2 Å². The van der Waals surface area contributed by atoms with Crippen molar-refractivity contribution >= 4 is 35.1 Å². The summed E-state index contributed by atoms with van der Waals surface area (Å²) in [7, 11) is 0. The van der Waals surface area contributed by atoms with Crippen molar-refractivity contribution in [1.82, 2.24) is 9.80 Å². The van der Waals surface area contributed by atoms with Gasteiger partial charge in [-0.3, -0.25) is 14.5 Å². The van der Waals surface area contributed by atoms with Gasteiger partial charge in [-0.2, -0.15) is 0 Å². The number of hydrogen-bond donors (Lipinski definition) is 1. The van der Waals surface area contributed by atoms with E-state index in [0.29, 0.717) is 42.8 Å². The molecule has 3 heterocycles. The molecule has 1 amide bonds. The van der Waals surface area contributed by atoms with Gasteiger partial charge in [0.05, 0.1) is 24.0 Å². The number of piperazine rings is 1. The fraction of sp³-hybridized carbons (Fsp3) is 0.579. The highest BCUT2D eigenvalue weighted by Gasteiger charge is 2.56. The minimum absolute atomic E-state index is 0.0787. The molecular formula is C19H22Cl2N2O4. The van der Waals surface area contributed by atoms with Crippen molar-refractivity contribution in [3.8, 4) is 0 Å². The van der Waals surface area contributed by atoms with Crippen LogP contribution in [0.4, 0.5) is 0 Å². The number of rotatable bonds is 4. The lowest BCUT2D eigenvalue weighted by molar-refractivity contribution is -0.151. The summed E-state index contributed by atoms with van der Waals surface area (Å²) < 4.78 is 5.73. The van der Waals surface area contributed by atoms with Gasteiger partial charge in [0.25, 0.3) is 0 Å². The number of benzene rings is 1. The number of aliphatic carboxylic acids is 1. The molecule has 3 saturated heterocycles. The van der Waals surface area contributed by atoms with E-state index in [-0.39, 0.29) is 18.1 Å². The van der Waals surface area contributed by atoms with Gasteiger partial charge in [0, 0.05) is 48.3 Å². The van der Waals surface area contributed by atoms with Crippen molar-refractivity contribution < 1.29 is 19.4 Å². The Morgan fingerprint density at radius 2 is 1.63 bits per heavy atom. The topological polar surface area (TPSA) is 70.1 Å². The van der Waals surface area contributed by atoms with Gasteiger partial charge in [0.1, 0.15) is 0 Å². The predicted octanol–water partition coefficient (Wildman–Crippen LogP) is 2.52. The van der Waals surface area contributed by atoms with Crippen LogP contribution in [0, 0.1) is 11.8 Å². The molecule has 6 nitrogen and oxygen atoms in total. The number of halogens is 2. The number of ether oxygens (including phenoxy) is 1. The molecule has 146 valence electrons. The average molecular weight is 413 g/mol. The Morgan fingerprint density at radius 1 is 1.04 bits per heavy atom. The van der Waals surface area contributed by atoms with Gasteiger partial charge < -0.3 is 14.7 Å². The van der Waals surface area contributed by atoms with Crippen molar-refractivity contribution in [2.45, 2.75) is 31.6 Å². The van der Waals surface area contributed by atoms with Gasteiger partial charge in [-0.05, 0) is 25.0 Å². The van der Waals surface area contributed by atoms with E-state index < -0.39 is 17.8 Å². The number of carbonyl (C=O) groups excluding carboxylic acids is 1. The first-order valence-electron chi connectivity index (χ1n) is 9.28. The van der Waals surface area contributed by atoms with Crippen LogP contribution in [0.3, 0.4) is 0 Å². The summed E-state index contributed by atoms with van der Waals surface area (Å²) in [6.07, 6.45) is 0.946. The second-order valence-corrected chi connectivity index (χ2v) is 8.30. The van der Waals surface area contributed by atoms with Crippen molar-refractivity contribution in [3.05, 3.63) is 33.8 Å². The van der Waals surface area contributed by atoms with E-state index in [1.165, 1.54) is 0 Å². The molecule has 0 aromatic heterocycles. The molecule has 8 heteroatoms. The van der Waals surface area contributed by atoms with Crippen molar-refractivity contribution in [3.63, 3.8) is 0 Å². The van der Waals surface area contributed by atoms with Crippen molar-refractivity contribution in [1.29, 1.82) is 0 Å². The Labute approximate surface area is 168 Å². The first-order chi connectivity index (χ1) is 13.0. The van der Waals surface area contributed by atoms with Gasteiger partial charge in [0.2, 0.25) is 5.91 Å². The van der Waals surface area contributed by atoms with Crippen LogP contribution in [0.15, 0.2) is 18.2 Å². The molecule has 0 aliphatic carbocycles. The SMILES string of the molecule is O=C(O)C1C2CCC(O2)C1C(=O)N1CCN(Cc2c(Cl)cccc2Cl)CC1. The number of amides is 1. The van der Waals surface area contributed by atoms with Gasteiger partial charge in [0.15, 0.2) is 0 Å². The molecule has 1 aromatic carbocycles. The molecule has 3 aliphatic rings. The zero-order valence-corrected chi connectivity index (χ0v) is 16.3. The Balaban J connectivity index is 1.38. The first kappa shape index (κ1) is 19.0. The summed E-state index contributed by atoms with van der Waals surface area (Å²) >= 11 is 12.5. The number of hydrogen-bond acceptors (Lipinski definition) is 4. The quantitative estimate of drug-likeness (QED) is 0.822. The third-order valence-electron chi connectivity index (χ3n) is 5.97. The molecule has 4 atom stereocenters. The van der Waals surface area contributed by atoms with E-state index in [1.54, 1.807) is 4.90 Å². The van der Waals surface area contributed by atoms with Crippen LogP contribution in [0.5, 0.6) is 0 Å². The molecule has 1 N–H and O–H groups in total. The van der Waals surface area contributed by atoms with E-state index in [9.17, 15) is 14.7 Å². The van der Waals surface area contributed by atoms with E-state index in [1.807, 2.05) is 18.2 Å². The van der Waals surface area contributed by atoms with Crippen molar-refractivity contribution in [2.75, 3.05) is 26.2 Å². The summed E-state index contributed by atoms with van der Waals surface area (Å²) in [6, 6.07) is 5.47. The lowest BCUT2D eigenvalue weighted by Gasteiger charge is -2.37. The smallest absolute Gasteiger partial charge is 0.310 e. The fourth-order valence-corrected chi connectivity index (χ4v) is 5.07. The van der Waals surface area contributed by atoms with Gasteiger partial charge >= 0.3 is 5.97 Å². The third-order valence-corrected chi connectivity index (χ3v) is 6.68. The molecular weight excluding hydrogens is 391 g/mol. The molecule has 3 fully saturated rings. The molecule has 1 aromatic rings. The maximum atomic E-state index is 13.0. The normalized spacial score (nSPS) is 30.7. The summed E-state index contributed by atoms with van der Waals surface area (Å²) in [6.45, 7) is 3.18. The number of carboxylic acids is 1. The molecule has 4 rings (SSSR count). The first-order valence-corrected chi connectivity index (χ1v) is 10.0. The highest BCUT2D eigenvalue weighted by molar-refractivity contribution is 6.35. The summed E-state index contributed by atoms with van der Waals surface area (Å²) in [5.74, 6) is -2.26. The monoisotopic (exact) mass is 412 g/mol. The van der Waals surface area contributed by atoms with Crippen LogP contribution in [0.25, 0.3) is 0 Å². The molecule has 0 radical (unpaired) electrons. The van der Waals surface area contributed by atoms with Crippen LogP contribution in [-0.2, 0) is 20.9 Å². The molecule has 4 unspecified atom stereocenters. The molecule has 3 aliphatic heterocycles. The largest absolute Gasteiger partial charge is 0.481 e. The van der Waals surface area contributed by atoms with E-state index >= 15 is 0 Å². The van der Waals surface area contributed by atoms with Gasteiger partial charge in [-0.15, -0.1) is 0 Å². The fourth-order valence-electron chi connectivity index (χ4n) is 4.55. The maximum absolute atomic E-state index is 13.0. The lowest BCUT2D eigenvalue weighted by atomic mass is 9.78. The number of carbonyl (C=O) groups is 2. The van der Waals surface area contributed by atoms with E-state index in [0.717, 1.165) is 18.4 Å². The van der Waals surface area contributed by atoms with Crippen LogP contribution in [-0.4, -0.2) is 65.2 Å². The summed E-state index contributed by atoms with van der Waals surface area (Å²) in [4.78, 5) is 28.6.